The second-order valence-corrected chi connectivity index (χ2v) is 25.4. The molecule has 3 nitrogen and oxygen atoms in total. The molecule has 0 radical (unpaired) electrons. The van der Waals surface area contributed by atoms with Gasteiger partial charge in [-0.25, -0.2) is 0 Å². The van der Waals surface area contributed by atoms with Gasteiger partial charge in [-0.05, 0) is 202 Å². The smallest absolute Gasteiger partial charge is 0.0543 e. The standard InChI is InChI=1S/C84H63N3/c1-83(2)76-22-13-23-77-82(76)87(80-42-34-68(52-78(80)83)62-24-26-66-50-74(40-32-64(66)44-62)85(70-36-28-54-14-5-9-18-58(54)46-70)71-37-29-55-15-6-10-19-59(55)47-71)81-43-35-69(53-79(81)84(77,3)4)63-25-27-67-51-75(41-33-65(67)45-63)86(72-38-30-56-16-7-11-20-60(56)48-72)73-39-31-57-17-8-12-21-61(57)49-73/h5-54,58H,1-4H3. The zero-order valence-corrected chi connectivity index (χ0v) is 49.3. The molecule has 0 fully saturated rings. The molecule has 0 saturated carbocycles. The average molecular weight is 1110 g/mol. The number of allylic oxidation sites excluding steroid dienone is 7. The molecule has 4 aliphatic rings. The van der Waals surface area contributed by atoms with Crippen LogP contribution in [0.15, 0.2) is 303 Å². The summed E-state index contributed by atoms with van der Waals surface area (Å²) in [6.45, 7) is 9.68. The summed E-state index contributed by atoms with van der Waals surface area (Å²) in [5, 5.41) is 12.2. The number of nitrogens with zero attached hydrogens (tertiary/aromatic N) is 3. The Kier molecular flexibility index (Phi) is 11.4. The number of fused-ring (bicyclic) bond motifs is 10. The van der Waals surface area contributed by atoms with Crippen LogP contribution in [0.5, 0.6) is 0 Å². The van der Waals surface area contributed by atoms with Crippen LogP contribution in [-0.2, 0) is 10.8 Å². The fourth-order valence-corrected chi connectivity index (χ4v) is 14.8. The molecule has 0 N–H and O–H groups in total. The van der Waals surface area contributed by atoms with Gasteiger partial charge < -0.3 is 14.7 Å². The van der Waals surface area contributed by atoms with Crippen molar-refractivity contribution in [3.63, 3.8) is 0 Å². The number of para-hydroxylation sites is 1. The van der Waals surface area contributed by atoms with Gasteiger partial charge in [-0.2, -0.15) is 0 Å². The summed E-state index contributed by atoms with van der Waals surface area (Å²) in [5.41, 5.74) is 20.4. The van der Waals surface area contributed by atoms with Gasteiger partial charge in [0.15, 0.2) is 0 Å². The van der Waals surface area contributed by atoms with Crippen LogP contribution in [0.3, 0.4) is 0 Å². The maximum absolute atomic E-state index is 2.58. The summed E-state index contributed by atoms with van der Waals surface area (Å²) in [5.74, 6) is 0.705. The van der Waals surface area contributed by atoms with Gasteiger partial charge in [0.25, 0.3) is 0 Å². The molecule has 13 aromatic carbocycles. The normalized spacial score (nSPS) is 16.6. The van der Waals surface area contributed by atoms with Gasteiger partial charge in [0.2, 0.25) is 0 Å². The zero-order valence-electron chi connectivity index (χ0n) is 49.3. The molecule has 414 valence electrons. The van der Waals surface area contributed by atoms with E-state index in [2.05, 4.69) is 340 Å². The van der Waals surface area contributed by atoms with Gasteiger partial charge in [0, 0.05) is 56.8 Å². The highest BCUT2D eigenvalue weighted by Gasteiger charge is 2.45. The van der Waals surface area contributed by atoms with Crippen molar-refractivity contribution in [1.82, 2.24) is 0 Å². The number of anilines is 8. The maximum Gasteiger partial charge on any atom is 0.0543 e. The minimum atomic E-state index is -0.254. The molecule has 0 saturated heterocycles. The first-order chi connectivity index (χ1) is 42.6. The number of hydrogen-bond donors (Lipinski definition) is 0. The number of hydrogen-bond acceptors (Lipinski definition) is 3. The Bertz CT molecular complexity index is 5080. The fraction of sp³-hybridized carbons (Fsp3) is 0.0952. The van der Waals surface area contributed by atoms with E-state index in [1.165, 1.54) is 121 Å². The van der Waals surface area contributed by atoms with Crippen LogP contribution in [-0.4, -0.2) is 0 Å². The second-order valence-electron chi connectivity index (χ2n) is 25.4. The van der Waals surface area contributed by atoms with Gasteiger partial charge in [0.1, 0.15) is 0 Å². The van der Waals surface area contributed by atoms with Crippen LogP contribution in [0.2, 0.25) is 0 Å². The third-order valence-corrected chi connectivity index (χ3v) is 19.6. The molecule has 0 aromatic heterocycles. The van der Waals surface area contributed by atoms with Crippen LogP contribution >= 0.6 is 0 Å². The zero-order chi connectivity index (χ0) is 58.1. The lowest BCUT2D eigenvalue weighted by Crippen LogP contribution is -2.38. The Morgan fingerprint density at radius 2 is 0.655 bits per heavy atom. The van der Waals surface area contributed by atoms with Crippen molar-refractivity contribution in [3.05, 3.63) is 325 Å². The van der Waals surface area contributed by atoms with Gasteiger partial charge in [0.05, 0.1) is 17.1 Å². The SMILES string of the molecule is CC1(C)c2cc(-c3ccc4cc(N(C5=CC6C=CC=CC6C=C5)c5ccc6ccccc6c5)ccc4c3)ccc2N2c3ccc(-c4ccc5cc(N(c6ccc7ccccc7c6)c6ccc7ccccc7c6)ccc5c4)cc3C(C)(C)c3cccc1c32. The number of benzene rings is 13. The number of rotatable bonds is 8. The molecular formula is C84H63N3. The lowest BCUT2D eigenvalue weighted by atomic mass is 9.66. The minimum Gasteiger partial charge on any atom is -0.311 e. The van der Waals surface area contributed by atoms with Crippen LogP contribution in [0.1, 0.15) is 49.9 Å². The molecule has 2 heterocycles. The van der Waals surface area contributed by atoms with Crippen molar-refractivity contribution >= 4 is 99.4 Å². The Morgan fingerprint density at radius 1 is 0.299 bits per heavy atom. The highest BCUT2D eigenvalue weighted by molar-refractivity contribution is 5.99. The minimum absolute atomic E-state index is 0.252. The van der Waals surface area contributed by atoms with Crippen LogP contribution in [0.4, 0.5) is 45.5 Å². The summed E-state index contributed by atoms with van der Waals surface area (Å²) >= 11 is 0. The van der Waals surface area contributed by atoms with E-state index in [0.717, 1.165) is 28.4 Å². The van der Waals surface area contributed by atoms with Crippen molar-refractivity contribution in [1.29, 1.82) is 0 Å². The monoisotopic (exact) mass is 1110 g/mol. The summed E-state index contributed by atoms with van der Waals surface area (Å²) < 4.78 is 0. The molecule has 2 aliphatic heterocycles. The quantitative estimate of drug-likeness (QED) is 0.150. The van der Waals surface area contributed by atoms with E-state index in [9.17, 15) is 0 Å². The van der Waals surface area contributed by atoms with Crippen molar-refractivity contribution < 1.29 is 0 Å². The Morgan fingerprint density at radius 3 is 1.11 bits per heavy atom. The first kappa shape index (κ1) is 51.0. The molecule has 17 rings (SSSR count). The molecular weight excluding hydrogens is 1050 g/mol. The molecule has 2 atom stereocenters. The second kappa shape index (κ2) is 19.5. The Balaban J connectivity index is 0.710. The molecule has 0 amide bonds. The van der Waals surface area contributed by atoms with Crippen molar-refractivity contribution in [3.8, 4) is 22.3 Å². The summed E-state index contributed by atoms with van der Waals surface area (Å²) in [6.07, 6.45) is 16.1. The maximum atomic E-state index is 2.58. The highest BCUT2D eigenvalue weighted by Crippen LogP contribution is 2.61. The lowest BCUT2D eigenvalue weighted by molar-refractivity contribution is 0.597. The van der Waals surface area contributed by atoms with Crippen LogP contribution < -0.4 is 14.7 Å². The van der Waals surface area contributed by atoms with Crippen LogP contribution in [0.25, 0.3) is 76.1 Å². The van der Waals surface area contributed by atoms with Gasteiger partial charge in [-0.1, -0.05) is 222 Å². The van der Waals surface area contributed by atoms with E-state index in [1.807, 2.05) is 0 Å². The molecule has 13 aromatic rings. The lowest BCUT2D eigenvalue weighted by Gasteiger charge is -2.49. The van der Waals surface area contributed by atoms with Gasteiger partial charge in [-0.3, -0.25) is 0 Å². The highest BCUT2D eigenvalue weighted by atomic mass is 15.2. The van der Waals surface area contributed by atoms with E-state index in [-0.39, 0.29) is 10.8 Å². The van der Waals surface area contributed by atoms with E-state index in [1.54, 1.807) is 0 Å². The summed E-state index contributed by atoms with van der Waals surface area (Å²) in [4.78, 5) is 7.41. The van der Waals surface area contributed by atoms with E-state index in [0.29, 0.717) is 11.8 Å². The van der Waals surface area contributed by atoms with Crippen molar-refractivity contribution in [2.24, 2.45) is 11.8 Å². The third kappa shape index (κ3) is 8.32. The van der Waals surface area contributed by atoms with Gasteiger partial charge >= 0.3 is 0 Å². The molecule has 2 unspecified atom stereocenters. The van der Waals surface area contributed by atoms with E-state index >= 15 is 0 Å². The Labute approximate surface area is 509 Å². The first-order valence-electron chi connectivity index (χ1n) is 30.7. The summed E-state index contributed by atoms with van der Waals surface area (Å²) in [6, 6.07) is 95.7. The largest absolute Gasteiger partial charge is 0.311 e. The molecule has 0 spiro atoms. The fourth-order valence-electron chi connectivity index (χ4n) is 14.8. The van der Waals surface area contributed by atoms with Crippen molar-refractivity contribution in [2.75, 3.05) is 14.7 Å². The van der Waals surface area contributed by atoms with E-state index < -0.39 is 0 Å². The van der Waals surface area contributed by atoms with Crippen molar-refractivity contribution in [2.45, 2.75) is 38.5 Å². The molecule has 0 bridgehead atoms. The molecule has 3 heteroatoms. The van der Waals surface area contributed by atoms with E-state index in [4.69, 9.17) is 0 Å². The Hall–Kier alpha value is -10.5. The molecule has 87 heavy (non-hydrogen) atoms. The average Bonchev–Trinajstić information content (AvgIpc) is 0.736. The predicted molar refractivity (Wildman–Crippen MR) is 370 cm³/mol. The third-order valence-electron chi connectivity index (χ3n) is 19.6. The van der Waals surface area contributed by atoms with Gasteiger partial charge in [-0.15, -0.1) is 0 Å². The first-order valence-corrected chi connectivity index (χ1v) is 30.7. The topological polar surface area (TPSA) is 9.72 Å². The molecule has 2 aliphatic carbocycles. The predicted octanol–water partition coefficient (Wildman–Crippen LogP) is 23.0. The van der Waals surface area contributed by atoms with Crippen LogP contribution in [0, 0.1) is 11.8 Å². The summed E-state index contributed by atoms with van der Waals surface area (Å²) in [7, 11) is 0.